The molecule has 2 aromatic heterocycles. The molecule has 0 amide bonds. The zero-order valence-corrected chi connectivity index (χ0v) is 26.7. The predicted octanol–water partition coefficient (Wildman–Crippen LogP) is 12.6. The molecule has 228 valence electrons. The van der Waals surface area contributed by atoms with Gasteiger partial charge in [-0.2, -0.15) is 0 Å². The maximum atomic E-state index is 5.19. The molecule has 0 atom stereocenters. The molecule has 49 heavy (non-hydrogen) atoms. The summed E-state index contributed by atoms with van der Waals surface area (Å²) < 4.78 is 2.47. The molecule has 2 nitrogen and oxygen atoms in total. The van der Waals surface area contributed by atoms with Gasteiger partial charge in [0.2, 0.25) is 0 Å². The maximum Gasteiger partial charge on any atom is 0.0715 e. The van der Waals surface area contributed by atoms with E-state index in [0.717, 1.165) is 33.8 Å². The van der Waals surface area contributed by atoms with Crippen molar-refractivity contribution in [3.8, 4) is 39.3 Å². The van der Waals surface area contributed by atoms with E-state index in [1.807, 2.05) is 6.07 Å². The van der Waals surface area contributed by atoms with Crippen molar-refractivity contribution in [2.24, 2.45) is 0 Å². The predicted molar refractivity (Wildman–Crippen MR) is 207 cm³/mol. The lowest BCUT2D eigenvalue weighted by Gasteiger charge is -2.13. The normalized spacial score (nSPS) is 11.7. The van der Waals surface area contributed by atoms with Gasteiger partial charge in [-0.3, -0.25) is 0 Å². The zero-order valence-electron chi connectivity index (χ0n) is 26.7. The van der Waals surface area contributed by atoms with E-state index < -0.39 is 0 Å². The highest BCUT2D eigenvalue weighted by atomic mass is 15.0. The number of benzene rings is 8. The quantitative estimate of drug-likeness (QED) is 0.179. The Morgan fingerprint density at radius 2 is 0.857 bits per heavy atom. The second kappa shape index (κ2) is 11.0. The molecule has 0 aliphatic rings. The molecule has 10 aromatic rings. The lowest BCUT2D eigenvalue weighted by atomic mass is 9.96. The fourth-order valence-electron chi connectivity index (χ4n) is 7.64. The highest BCUT2D eigenvalue weighted by molar-refractivity contribution is 6.32. The molecule has 0 bridgehead atoms. The van der Waals surface area contributed by atoms with Crippen LogP contribution in [0.1, 0.15) is 0 Å². The third-order valence-electron chi connectivity index (χ3n) is 9.93. The fourth-order valence-corrected chi connectivity index (χ4v) is 7.64. The van der Waals surface area contributed by atoms with Crippen LogP contribution in [0.25, 0.3) is 93.5 Å². The molecule has 2 heteroatoms. The molecule has 0 aliphatic heterocycles. The molecular formula is C47H30N2. The minimum absolute atomic E-state index is 0.955. The summed E-state index contributed by atoms with van der Waals surface area (Å²) in [5, 5.41) is 10.1. The minimum Gasteiger partial charge on any atom is -0.309 e. The van der Waals surface area contributed by atoms with E-state index in [1.54, 1.807) is 0 Å². The van der Waals surface area contributed by atoms with Crippen LogP contribution >= 0.6 is 0 Å². The van der Waals surface area contributed by atoms with Gasteiger partial charge in [0, 0.05) is 33.0 Å². The van der Waals surface area contributed by atoms with Gasteiger partial charge in [0.15, 0.2) is 0 Å². The lowest BCUT2D eigenvalue weighted by molar-refractivity contribution is 1.19. The minimum atomic E-state index is 0.955. The number of nitrogens with zero attached hydrogens (tertiary/aromatic N) is 2. The second-order valence-electron chi connectivity index (χ2n) is 12.8. The fraction of sp³-hybridized carbons (Fsp3) is 0. The number of hydrogen-bond acceptors (Lipinski definition) is 1. The zero-order chi connectivity index (χ0) is 32.3. The molecule has 0 saturated carbocycles. The second-order valence-corrected chi connectivity index (χ2v) is 12.8. The van der Waals surface area contributed by atoms with Crippen molar-refractivity contribution in [3.63, 3.8) is 0 Å². The van der Waals surface area contributed by atoms with Gasteiger partial charge in [-0.1, -0.05) is 146 Å². The molecule has 2 heterocycles. The first-order valence-electron chi connectivity index (χ1n) is 16.8. The van der Waals surface area contributed by atoms with Gasteiger partial charge in [-0.15, -0.1) is 0 Å². The van der Waals surface area contributed by atoms with Gasteiger partial charge in [-0.25, -0.2) is 4.98 Å². The van der Waals surface area contributed by atoms with Gasteiger partial charge in [-0.05, 0) is 74.5 Å². The SMILES string of the molecule is c1ccc(-c2cc(-c3ccccc3)nc(-c3ccc(-n4c5cc6ccccc6cc5c5c6ccccc6c6ccccc6c54)cc3)c2)cc1. The summed E-state index contributed by atoms with van der Waals surface area (Å²) in [7, 11) is 0. The first-order chi connectivity index (χ1) is 24.3. The van der Waals surface area contributed by atoms with Crippen LogP contribution in [0.3, 0.4) is 0 Å². The van der Waals surface area contributed by atoms with Crippen LogP contribution in [0, 0.1) is 0 Å². The number of rotatable bonds is 4. The van der Waals surface area contributed by atoms with Crippen molar-refractivity contribution in [1.82, 2.24) is 9.55 Å². The highest BCUT2D eigenvalue weighted by Gasteiger charge is 2.20. The van der Waals surface area contributed by atoms with Gasteiger partial charge >= 0.3 is 0 Å². The molecule has 0 spiro atoms. The van der Waals surface area contributed by atoms with E-state index in [9.17, 15) is 0 Å². The van der Waals surface area contributed by atoms with Gasteiger partial charge < -0.3 is 4.57 Å². The number of fused-ring (bicyclic) bond motifs is 9. The molecule has 0 aliphatic carbocycles. The number of aromatic nitrogens is 2. The molecular weight excluding hydrogens is 593 g/mol. The van der Waals surface area contributed by atoms with Crippen molar-refractivity contribution in [3.05, 3.63) is 182 Å². The van der Waals surface area contributed by atoms with Gasteiger partial charge in [0.1, 0.15) is 0 Å². The van der Waals surface area contributed by atoms with E-state index in [0.29, 0.717) is 0 Å². The maximum absolute atomic E-state index is 5.19. The van der Waals surface area contributed by atoms with E-state index in [4.69, 9.17) is 4.98 Å². The Hall–Kier alpha value is -6.51. The molecule has 0 radical (unpaired) electrons. The Morgan fingerprint density at radius 3 is 1.53 bits per heavy atom. The summed E-state index contributed by atoms with van der Waals surface area (Å²) >= 11 is 0. The Balaban J connectivity index is 1.23. The first-order valence-corrected chi connectivity index (χ1v) is 16.8. The van der Waals surface area contributed by atoms with Crippen LogP contribution in [0.2, 0.25) is 0 Å². The third-order valence-corrected chi connectivity index (χ3v) is 9.93. The molecule has 0 unspecified atom stereocenters. The van der Waals surface area contributed by atoms with Crippen molar-refractivity contribution in [2.45, 2.75) is 0 Å². The average molecular weight is 623 g/mol. The summed E-state index contributed by atoms with van der Waals surface area (Å²) in [6.45, 7) is 0. The van der Waals surface area contributed by atoms with Crippen molar-refractivity contribution in [2.75, 3.05) is 0 Å². The van der Waals surface area contributed by atoms with Crippen LogP contribution in [0.4, 0.5) is 0 Å². The van der Waals surface area contributed by atoms with Gasteiger partial charge in [0.05, 0.1) is 22.4 Å². The number of hydrogen-bond donors (Lipinski definition) is 0. The van der Waals surface area contributed by atoms with Crippen LogP contribution in [0.15, 0.2) is 182 Å². The molecule has 0 saturated heterocycles. The Morgan fingerprint density at radius 1 is 0.347 bits per heavy atom. The van der Waals surface area contributed by atoms with Crippen molar-refractivity contribution in [1.29, 1.82) is 0 Å². The molecule has 0 N–H and O–H groups in total. The van der Waals surface area contributed by atoms with Gasteiger partial charge in [0.25, 0.3) is 0 Å². The van der Waals surface area contributed by atoms with Crippen LogP contribution < -0.4 is 0 Å². The van der Waals surface area contributed by atoms with Crippen LogP contribution in [0.5, 0.6) is 0 Å². The summed E-state index contributed by atoms with van der Waals surface area (Å²) in [5.41, 5.74) is 10.0. The first kappa shape index (κ1) is 27.6. The Kier molecular flexibility index (Phi) is 6.22. The monoisotopic (exact) mass is 622 g/mol. The highest BCUT2D eigenvalue weighted by Crippen LogP contribution is 2.43. The molecule has 0 fully saturated rings. The molecule has 10 rings (SSSR count). The number of pyridine rings is 1. The Bertz CT molecular complexity index is 2790. The van der Waals surface area contributed by atoms with E-state index >= 15 is 0 Å². The van der Waals surface area contributed by atoms with E-state index in [1.165, 1.54) is 59.7 Å². The lowest BCUT2D eigenvalue weighted by Crippen LogP contribution is -1.96. The average Bonchev–Trinajstić information content (AvgIpc) is 3.52. The molecule has 8 aromatic carbocycles. The largest absolute Gasteiger partial charge is 0.309 e. The summed E-state index contributed by atoms with van der Waals surface area (Å²) in [4.78, 5) is 5.19. The summed E-state index contributed by atoms with van der Waals surface area (Å²) in [5.74, 6) is 0. The van der Waals surface area contributed by atoms with Crippen LogP contribution in [-0.2, 0) is 0 Å². The summed E-state index contributed by atoms with van der Waals surface area (Å²) in [6.07, 6.45) is 0. The summed E-state index contributed by atoms with van der Waals surface area (Å²) in [6, 6.07) is 65.5. The van der Waals surface area contributed by atoms with Crippen LogP contribution in [-0.4, -0.2) is 9.55 Å². The Labute approximate surface area is 284 Å². The third kappa shape index (κ3) is 4.46. The van der Waals surface area contributed by atoms with Crippen molar-refractivity contribution < 1.29 is 0 Å². The topological polar surface area (TPSA) is 17.8 Å². The smallest absolute Gasteiger partial charge is 0.0715 e. The standard InChI is InChI=1S/C47H30N2/c1-3-13-31(14-4-1)36-28-43(32-15-5-2-6-16-32)48-44(29-36)33-23-25-37(26-24-33)49-45-30-35-18-8-7-17-34(35)27-42(45)46-40-21-11-9-19-38(40)39-20-10-12-22-41(39)47(46)49/h1-30H. The van der Waals surface area contributed by atoms with E-state index in [2.05, 4.69) is 180 Å². The van der Waals surface area contributed by atoms with E-state index in [-0.39, 0.29) is 0 Å². The van der Waals surface area contributed by atoms with Crippen molar-refractivity contribution >= 4 is 54.1 Å².